The lowest BCUT2D eigenvalue weighted by atomic mass is 10.2. The maximum absolute atomic E-state index is 12.2. The van der Waals surface area contributed by atoms with Crippen LogP contribution in [-0.2, 0) is 9.59 Å². The summed E-state index contributed by atoms with van der Waals surface area (Å²) in [4.78, 5) is 25.8. The molecule has 1 fully saturated rings. The molecule has 1 heterocycles. The van der Waals surface area contributed by atoms with E-state index in [1.165, 1.54) is 5.56 Å². The lowest BCUT2D eigenvalue weighted by Gasteiger charge is -2.19. The first-order chi connectivity index (χ1) is 12.6. The summed E-state index contributed by atoms with van der Waals surface area (Å²) in [5, 5.41) is 2.84. The average Bonchev–Trinajstić information content (AvgIpc) is 2.83. The molecule has 1 N–H and O–H groups in total. The summed E-state index contributed by atoms with van der Waals surface area (Å²) in [6, 6.07) is 15.0. The number of hydrogen-bond acceptors (Lipinski definition) is 3. The van der Waals surface area contributed by atoms with Gasteiger partial charge in [0.1, 0.15) is 11.5 Å². The second kappa shape index (κ2) is 8.52. The lowest BCUT2D eigenvalue weighted by Crippen LogP contribution is -2.37. The van der Waals surface area contributed by atoms with Crippen molar-refractivity contribution in [3.05, 3.63) is 54.1 Å². The van der Waals surface area contributed by atoms with Crippen LogP contribution in [0.5, 0.6) is 11.5 Å². The Morgan fingerprint density at radius 1 is 1.00 bits per heavy atom. The summed E-state index contributed by atoms with van der Waals surface area (Å²) in [6.45, 7) is 2.80. The number of nitrogens with one attached hydrogen (secondary N) is 1. The van der Waals surface area contributed by atoms with E-state index in [0.717, 1.165) is 25.0 Å². The number of carbonyl (C=O) groups is 2. The van der Waals surface area contributed by atoms with Crippen molar-refractivity contribution in [3.63, 3.8) is 0 Å². The number of nitrogens with zero attached hydrogens (tertiary/aromatic N) is 1. The van der Waals surface area contributed by atoms with Crippen LogP contribution in [0.2, 0.25) is 0 Å². The van der Waals surface area contributed by atoms with E-state index in [2.05, 4.69) is 5.32 Å². The van der Waals surface area contributed by atoms with Crippen LogP contribution < -0.4 is 10.1 Å². The lowest BCUT2D eigenvalue weighted by molar-refractivity contribution is -0.134. The van der Waals surface area contributed by atoms with Crippen LogP contribution in [0.3, 0.4) is 0 Å². The molecule has 0 atom stereocenters. The Labute approximate surface area is 154 Å². The standard InChI is InChI=1S/C21H24N2O3/c1-16-6-10-18(11-7-16)26-19-12-8-17(9-13-19)22-20(24)15-23-14-4-2-3-5-21(23)25/h6-13H,2-5,14-15H2,1H3,(H,22,24). The van der Waals surface area contributed by atoms with Crippen molar-refractivity contribution in [2.75, 3.05) is 18.4 Å². The molecule has 1 aliphatic rings. The normalized spacial score (nSPS) is 14.7. The molecule has 0 spiro atoms. The summed E-state index contributed by atoms with van der Waals surface area (Å²) in [7, 11) is 0. The summed E-state index contributed by atoms with van der Waals surface area (Å²) >= 11 is 0. The van der Waals surface area contributed by atoms with Crippen molar-refractivity contribution in [2.24, 2.45) is 0 Å². The maximum atomic E-state index is 12.2. The molecule has 2 aromatic carbocycles. The van der Waals surface area contributed by atoms with Crippen LogP contribution in [-0.4, -0.2) is 29.8 Å². The molecule has 0 bridgehead atoms. The van der Waals surface area contributed by atoms with Crippen molar-refractivity contribution in [2.45, 2.75) is 32.6 Å². The third-order valence-electron chi connectivity index (χ3n) is 4.40. The molecule has 0 aromatic heterocycles. The van der Waals surface area contributed by atoms with Gasteiger partial charge in [-0.15, -0.1) is 0 Å². The minimum Gasteiger partial charge on any atom is -0.457 e. The van der Waals surface area contributed by atoms with Gasteiger partial charge in [-0.05, 0) is 56.2 Å². The molecule has 1 saturated heterocycles. The molecule has 26 heavy (non-hydrogen) atoms. The van der Waals surface area contributed by atoms with Crippen LogP contribution >= 0.6 is 0 Å². The van der Waals surface area contributed by atoms with Crippen LogP contribution in [0.1, 0.15) is 31.2 Å². The Morgan fingerprint density at radius 2 is 1.65 bits per heavy atom. The highest BCUT2D eigenvalue weighted by atomic mass is 16.5. The Bertz CT molecular complexity index is 754. The molecular formula is C21H24N2O3. The number of anilines is 1. The first-order valence-corrected chi connectivity index (χ1v) is 9.02. The number of likely N-dealkylation sites (tertiary alicyclic amines) is 1. The fraction of sp³-hybridized carbons (Fsp3) is 0.333. The summed E-state index contributed by atoms with van der Waals surface area (Å²) < 4.78 is 5.78. The highest BCUT2D eigenvalue weighted by molar-refractivity contribution is 5.94. The van der Waals surface area contributed by atoms with Crippen molar-refractivity contribution in [1.29, 1.82) is 0 Å². The molecule has 1 aliphatic heterocycles. The fourth-order valence-electron chi connectivity index (χ4n) is 2.93. The number of rotatable bonds is 5. The molecule has 136 valence electrons. The largest absolute Gasteiger partial charge is 0.457 e. The molecule has 2 aromatic rings. The average molecular weight is 352 g/mol. The number of amides is 2. The van der Waals surface area contributed by atoms with Crippen molar-refractivity contribution in [1.82, 2.24) is 4.90 Å². The van der Waals surface area contributed by atoms with Gasteiger partial charge in [0.25, 0.3) is 0 Å². The smallest absolute Gasteiger partial charge is 0.243 e. The Balaban J connectivity index is 1.54. The maximum Gasteiger partial charge on any atom is 0.243 e. The molecule has 3 rings (SSSR count). The van der Waals surface area contributed by atoms with E-state index in [9.17, 15) is 9.59 Å². The van der Waals surface area contributed by atoms with E-state index >= 15 is 0 Å². The van der Waals surface area contributed by atoms with Gasteiger partial charge in [0.05, 0.1) is 6.54 Å². The first kappa shape index (κ1) is 18.0. The molecule has 0 radical (unpaired) electrons. The van der Waals surface area contributed by atoms with Gasteiger partial charge in [-0.25, -0.2) is 0 Å². The van der Waals surface area contributed by atoms with Gasteiger partial charge in [0.15, 0.2) is 0 Å². The molecule has 2 amide bonds. The molecular weight excluding hydrogens is 328 g/mol. The van der Waals surface area contributed by atoms with Crippen LogP contribution in [0.4, 0.5) is 5.69 Å². The summed E-state index contributed by atoms with van der Waals surface area (Å²) in [6.07, 6.45) is 3.47. The van der Waals surface area contributed by atoms with Gasteiger partial charge in [-0.3, -0.25) is 9.59 Å². The topological polar surface area (TPSA) is 58.6 Å². The minimum atomic E-state index is -0.174. The van der Waals surface area contributed by atoms with Gasteiger partial charge in [-0.2, -0.15) is 0 Å². The van der Waals surface area contributed by atoms with E-state index in [1.54, 1.807) is 17.0 Å². The summed E-state index contributed by atoms with van der Waals surface area (Å²) in [5.41, 5.74) is 1.87. The molecule has 0 aliphatic carbocycles. The molecule has 0 saturated carbocycles. The minimum absolute atomic E-state index is 0.0690. The quantitative estimate of drug-likeness (QED) is 0.880. The van der Waals surface area contributed by atoms with E-state index < -0.39 is 0 Å². The Morgan fingerprint density at radius 3 is 2.35 bits per heavy atom. The van der Waals surface area contributed by atoms with E-state index in [-0.39, 0.29) is 18.4 Å². The monoisotopic (exact) mass is 352 g/mol. The van der Waals surface area contributed by atoms with Crippen molar-refractivity contribution >= 4 is 17.5 Å². The number of carbonyl (C=O) groups excluding carboxylic acids is 2. The van der Waals surface area contributed by atoms with Crippen molar-refractivity contribution in [3.8, 4) is 11.5 Å². The molecule has 5 heteroatoms. The zero-order chi connectivity index (χ0) is 18.4. The van der Waals surface area contributed by atoms with E-state index in [0.29, 0.717) is 24.4 Å². The zero-order valence-electron chi connectivity index (χ0n) is 15.0. The van der Waals surface area contributed by atoms with Crippen LogP contribution in [0.15, 0.2) is 48.5 Å². The van der Waals surface area contributed by atoms with Gasteiger partial charge in [-0.1, -0.05) is 24.1 Å². The van der Waals surface area contributed by atoms with Crippen LogP contribution in [0.25, 0.3) is 0 Å². The highest BCUT2D eigenvalue weighted by Gasteiger charge is 2.19. The molecule has 0 unspecified atom stereocenters. The van der Waals surface area contributed by atoms with E-state index in [4.69, 9.17) is 4.74 Å². The fourth-order valence-corrected chi connectivity index (χ4v) is 2.93. The summed E-state index contributed by atoms with van der Waals surface area (Å²) in [5.74, 6) is 1.37. The van der Waals surface area contributed by atoms with Crippen molar-refractivity contribution < 1.29 is 14.3 Å². The highest BCUT2D eigenvalue weighted by Crippen LogP contribution is 2.23. The number of aryl methyl sites for hydroxylation is 1. The van der Waals surface area contributed by atoms with E-state index in [1.807, 2.05) is 43.3 Å². The van der Waals surface area contributed by atoms with Gasteiger partial charge in [0, 0.05) is 18.7 Å². The SMILES string of the molecule is Cc1ccc(Oc2ccc(NC(=O)CN3CCCCCC3=O)cc2)cc1. The first-order valence-electron chi connectivity index (χ1n) is 9.02. The van der Waals surface area contributed by atoms with Gasteiger partial charge >= 0.3 is 0 Å². The number of ether oxygens (including phenoxy) is 1. The Hall–Kier alpha value is -2.82. The van der Waals surface area contributed by atoms with Crippen LogP contribution in [0, 0.1) is 6.92 Å². The molecule has 5 nitrogen and oxygen atoms in total. The third-order valence-corrected chi connectivity index (χ3v) is 4.40. The van der Waals surface area contributed by atoms with Gasteiger partial charge in [0.2, 0.25) is 11.8 Å². The number of hydrogen-bond donors (Lipinski definition) is 1. The van der Waals surface area contributed by atoms with Gasteiger partial charge < -0.3 is 15.0 Å². The second-order valence-corrected chi connectivity index (χ2v) is 6.61. The zero-order valence-corrected chi connectivity index (χ0v) is 15.0. The number of benzene rings is 2. The predicted octanol–water partition coefficient (Wildman–Crippen LogP) is 4.13. The second-order valence-electron chi connectivity index (χ2n) is 6.61. The predicted molar refractivity (Wildman–Crippen MR) is 101 cm³/mol. The third kappa shape index (κ3) is 5.09. The Kier molecular flexibility index (Phi) is 5.89.